The summed E-state index contributed by atoms with van der Waals surface area (Å²) >= 11 is 12.7. The minimum Gasteiger partial charge on any atom is -0.322 e. The lowest BCUT2D eigenvalue weighted by molar-refractivity contribution is 0.0935. The SMILES string of the molecule is CC(C)(C)c1ccc(C(=O)Nc2ccc(C(=O)NNC(=S)NC(=O)c3sc4ccccc4c3Cl)cc2)cc1. The normalized spacial score (nSPS) is 11.1. The van der Waals surface area contributed by atoms with Gasteiger partial charge in [0, 0.05) is 26.9 Å². The number of hydrogen-bond acceptors (Lipinski definition) is 5. The van der Waals surface area contributed by atoms with Crippen LogP contribution in [0.3, 0.4) is 0 Å². The summed E-state index contributed by atoms with van der Waals surface area (Å²) in [6.45, 7) is 6.34. The van der Waals surface area contributed by atoms with Crippen molar-refractivity contribution in [3.8, 4) is 0 Å². The zero-order valence-corrected chi connectivity index (χ0v) is 23.2. The topological polar surface area (TPSA) is 99.3 Å². The van der Waals surface area contributed by atoms with Gasteiger partial charge in [0.15, 0.2) is 5.11 Å². The van der Waals surface area contributed by atoms with E-state index in [1.807, 2.05) is 36.4 Å². The van der Waals surface area contributed by atoms with Crippen molar-refractivity contribution >= 4 is 73.8 Å². The predicted octanol–water partition coefficient (Wildman–Crippen LogP) is 6.05. The van der Waals surface area contributed by atoms with Crippen molar-refractivity contribution in [2.75, 3.05) is 5.32 Å². The molecule has 194 valence electrons. The molecule has 4 N–H and O–H groups in total. The standard InChI is InChI=1S/C28H25ClN4O3S2/c1-28(2,3)18-12-8-16(9-13-18)24(34)30-19-14-10-17(11-15-19)25(35)32-33-27(37)31-26(36)23-22(29)20-6-4-5-7-21(20)38-23/h4-15H,1-3H3,(H,30,34)(H,32,35)(H2,31,33,36,37). The van der Waals surface area contributed by atoms with Crippen LogP contribution in [-0.4, -0.2) is 22.8 Å². The molecule has 10 heteroatoms. The van der Waals surface area contributed by atoms with E-state index in [0.717, 1.165) is 15.6 Å². The average Bonchev–Trinajstić information content (AvgIpc) is 3.24. The number of hydrazine groups is 1. The van der Waals surface area contributed by atoms with Gasteiger partial charge in [0.1, 0.15) is 4.88 Å². The van der Waals surface area contributed by atoms with Crippen molar-refractivity contribution in [2.45, 2.75) is 26.2 Å². The molecule has 7 nitrogen and oxygen atoms in total. The molecule has 38 heavy (non-hydrogen) atoms. The highest BCUT2D eigenvalue weighted by molar-refractivity contribution is 7.80. The Morgan fingerprint density at radius 1 is 0.789 bits per heavy atom. The van der Waals surface area contributed by atoms with E-state index in [4.69, 9.17) is 23.8 Å². The third-order valence-corrected chi connectivity index (χ3v) is 7.55. The molecule has 0 spiro atoms. The van der Waals surface area contributed by atoms with E-state index < -0.39 is 11.8 Å². The largest absolute Gasteiger partial charge is 0.322 e. The van der Waals surface area contributed by atoms with E-state index in [1.54, 1.807) is 36.4 Å². The first-order valence-electron chi connectivity index (χ1n) is 11.6. The Kier molecular flexibility index (Phi) is 8.11. The van der Waals surface area contributed by atoms with Gasteiger partial charge in [0.25, 0.3) is 17.7 Å². The Balaban J connectivity index is 1.29. The maximum atomic E-state index is 12.6. The molecule has 3 aromatic carbocycles. The van der Waals surface area contributed by atoms with Crippen molar-refractivity contribution in [3.05, 3.63) is 99.4 Å². The number of carbonyl (C=O) groups excluding carboxylic acids is 3. The van der Waals surface area contributed by atoms with Crippen LogP contribution in [0, 0.1) is 0 Å². The molecule has 1 aromatic heterocycles. The Hall–Kier alpha value is -3.79. The number of thiocarbonyl (C=S) groups is 1. The molecule has 0 aliphatic rings. The van der Waals surface area contributed by atoms with Gasteiger partial charge in [-0.05, 0) is 65.7 Å². The Morgan fingerprint density at radius 3 is 2.03 bits per heavy atom. The molecular weight excluding hydrogens is 540 g/mol. The Morgan fingerprint density at radius 2 is 1.39 bits per heavy atom. The Bertz CT molecular complexity index is 1520. The third-order valence-electron chi connectivity index (χ3n) is 5.68. The van der Waals surface area contributed by atoms with E-state index in [1.165, 1.54) is 11.3 Å². The summed E-state index contributed by atoms with van der Waals surface area (Å²) in [5.74, 6) is -1.20. The quantitative estimate of drug-likeness (QED) is 0.178. The first kappa shape index (κ1) is 27.3. The van der Waals surface area contributed by atoms with Gasteiger partial charge < -0.3 is 5.32 Å². The number of carbonyl (C=O) groups is 3. The van der Waals surface area contributed by atoms with Crippen LogP contribution in [0.25, 0.3) is 10.1 Å². The second kappa shape index (κ2) is 11.3. The number of nitrogens with one attached hydrogen (secondary N) is 4. The molecule has 0 fully saturated rings. The summed E-state index contributed by atoms with van der Waals surface area (Å²) in [5, 5.41) is 6.38. The fraction of sp³-hybridized carbons (Fsp3) is 0.143. The van der Waals surface area contributed by atoms with E-state index in [0.29, 0.717) is 26.7 Å². The van der Waals surface area contributed by atoms with E-state index in [9.17, 15) is 14.4 Å². The van der Waals surface area contributed by atoms with Gasteiger partial charge in [0.2, 0.25) is 0 Å². The minimum atomic E-state index is -0.476. The zero-order valence-electron chi connectivity index (χ0n) is 20.8. The molecule has 1 heterocycles. The number of halogens is 1. The van der Waals surface area contributed by atoms with Crippen LogP contribution >= 0.6 is 35.2 Å². The van der Waals surface area contributed by atoms with Crippen molar-refractivity contribution < 1.29 is 14.4 Å². The lowest BCUT2D eigenvalue weighted by Gasteiger charge is -2.19. The molecule has 0 bridgehead atoms. The zero-order chi connectivity index (χ0) is 27.4. The second-order valence-electron chi connectivity index (χ2n) is 9.46. The maximum Gasteiger partial charge on any atom is 0.269 e. The van der Waals surface area contributed by atoms with Gasteiger partial charge in [-0.3, -0.25) is 30.6 Å². The van der Waals surface area contributed by atoms with Crippen LogP contribution < -0.4 is 21.5 Å². The van der Waals surface area contributed by atoms with Crippen LogP contribution in [0.5, 0.6) is 0 Å². The molecule has 0 atom stereocenters. The number of thiophene rings is 1. The van der Waals surface area contributed by atoms with Crippen molar-refractivity contribution in [2.24, 2.45) is 0 Å². The first-order chi connectivity index (χ1) is 18.0. The summed E-state index contributed by atoms with van der Waals surface area (Å²) in [5.41, 5.74) is 7.50. The molecule has 4 aromatic rings. The van der Waals surface area contributed by atoms with Crippen molar-refractivity contribution in [1.82, 2.24) is 16.2 Å². The molecule has 0 unspecified atom stereocenters. The molecule has 3 amide bonds. The van der Waals surface area contributed by atoms with Gasteiger partial charge in [-0.1, -0.05) is 62.7 Å². The van der Waals surface area contributed by atoms with Crippen LogP contribution in [0.15, 0.2) is 72.8 Å². The highest BCUT2D eigenvalue weighted by Gasteiger charge is 2.18. The third kappa shape index (κ3) is 6.36. The number of benzene rings is 3. The summed E-state index contributed by atoms with van der Waals surface area (Å²) in [6.07, 6.45) is 0. The van der Waals surface area contributed by atoms with E-state index >= 15 is 0 Å². The van der Waals surface area contributed by atoms with Crippen molar-refractivity contribution in [3.63, 3.8) is 0 Å². The van der Waals surface area contributed by atoms with Crippen LogP contribution in [-0.2, 0) is 5.41 Å². The monoisotopic (exact) mass is 564 g/mol. The van der Waals surface area contributed by atoms with Gasteiger partial charge >= 0.3 is 0 Å². The Labute approximate surface area is 234 Å². The van der Waals surface area contributed by atoms with E-state index in [2.05, 4.69) is 42.3 Å². The summed E-state index contributed by atoms with van der Waals surface area (Å²) in [6, 6.07) is 21.3. The lowest BCUT2D eigenvalue weighted by Crippen LogP contribution is -2.48. The molecule has 0 aliphatic heterocycles. The average molecular weight is 565 g/mol. The highest BCUT2D eigenvalue weighted by Crippen LogP contribution is 2.35. The number of hydrogen-bond donors (Lipinski definition) is 4. The fourth-order valence-electron chi connectivity index (χ4n) is 3.57. The van der Waals surface area contributed by atoms with Crippen molar-refractivity contribution in [1.29, 1.82) is 0 Å². The maximum absolute atomic E-state index is 12.6. The molecule has 0 saturated carbocycles. The number of fused-ring (bicyclic) bond motifs is 1. The molecule has 4 rings (SSSR count). The number of amides is 3. The van der Waals surface area contributed by atoms with Crippen LogP contribution in [0.4, 0.5) is 5.69 Å². The molecular formula is C28H25ClN4O3S2. The van der Waals surface area contributed by atoms with Crippen LogP contribution in [0.1, 0.15) is 56.7 Å². The molecule has 0 aliphatic carbocycles. The molecule has 0 radical (unpaired) electrons. The smallest absolute Gasteiger partial charge is 0.269 e. The second-order valence-corrected chi connectivity index (χ2v) is 11.3. The van der Waals surface area contributed by atoms with Gasteiger partial charge in [-0.2, -0.15) is 0 Å². The predicted molar refractivity (Wildman–Crippen MR) is 157 cm³/mol. The minimum absolute atomic E-state index is 0.00250. The lowest BCUT2D eigenvalue weighted by atomic mass is 9.87. The highest BCUT2D eigenvalue weighted by atomic mass is 35.5. The summed E-state index contributed by atoms with van der Waals surface area (Å²) in [7, 11) is 0. The summed E-state index contributed by atoms with van der Waals surface area (Å²) < 4.78 is 0.882. The first-order valence-corrected chi connectivity index (χ1v) is 13.2. The van der Waals surface area contributed by atoms with Gasteiger partial charge in [-0.25, -0.2) is 0 Å². The van der Waals surface area contributed by atoms with Crippen LogP contribution in [0.2, 0.25) is 5.02 Å². The summed E-state index contributed by atoms with van der Waals surface area (Å²) in [4.78, 5) is 38.0. The van der Waals surface area contributed by atoms with Gasteiger partial charge in [-0.15, -0.1) is 11.3 Å². The molecule has 0 saturated heterocycles. The van der Waals surface area contributed by atoms with E-state index in [-0.39, 0.29) is 16.4 Å². The van der Waals surface area contributed by atoms with Gasteiger partial charge in [0.05, 0.1) is 5.02 Å². The number of anilines is 1. The fourth-order valence-corrected chi connectivity index (χ4v) is 5.12. The number of rotatable bonds is 4.